The van der Waals surface area contributed by atoms with Gasteiger partial charge in [0.2, 0.25) is 0 Å². The lowest BCUT2D eigenvalue weighted by Crippen LogP contribution is -2.42. The topological polar surface area (TPSA) is 50.5 Å². The van der Waals surface area contributed by atoms with Crippen molar-refractivity contribution in [3.63, 3.8) is 0 Å². The molecule has 5 heteroatoms. The number of para-hydroxylation sites is 2. The number of fused-ring (bicyclic) bond motifs is 1. The monoisotopic (exact) mass is 365 g/mol. The van der Waals surface area contributed by atoms with Gasteiger partial charge in [-0.05, 0) is 49.7 Å². The minimum atomic E-state index is -0.384. The Labute approximate surface area is 160 Å². The molecule has 1 aromatic heterocycles. The minimum absolute atomic E-state index is 0.154. The quantitative estimate of drug-likeness (QED) is 0.753. The van der Waals surface area contributed by atoms with Crippen LogP contribution in [-0.4, -0.2) is 45.9 Å². The maximum absolute atomic E-state index is 10.8. The lowest BCUT2D eigenvalue weighted by atomic mass is 9.87. The summed E-state index contributed by atoms with van der Waals surface area (Å²) in [7, 11) is 1.68. The molecule has 1 N–H and O–H groups in total. The van der Waals surface area contributed by atoms with E-state index in [9.17, 15) is 5.11 Å². The lowest BCUT2D eigenvalue weighted by Gasteiger charge is -2.36. The third kappa shape index (κ3) is 3.57. The number of aliphatic hydroxyl groups excluding tert-OH is 1. The molecule has 142 valence electrons. The van der Waals surface area contributed by atoms with Gasteiger partial charge in [-0.25, -0.2) is 4.98 Å². The van der Waals surface area contributed by atoms with Crippen LogP contribution in [0.15, 0.2) is 48.5 Å². The van der Waals surface area contributed by atoms with Crippen LogP contribution in [0, 0.1) is 0 Å². The summed E-state index contributed by atoms with van der Waals surface area (Å²) in [4.78, 5) is 7.14. The summed E-state index contributed by atoms with van der Waals surface area (Å²) < 4.78 is 7.61. The van der Waals surface area contributed by atoms with Gasteiger partial charge in [0, 0.05) is 19.0 Å². The molecule has 1 aliphatic heterocycles. The number of nitrogens with zero attached hydrogens (tertiary/aromatic N) is 3. The number of aliphatic hydroxyl groups is 1. The van der Waals surface area contributed by atoms with E-state index in [0.717, 1.165) is 48.7 Å². The van der Waals surface area contributed by atoms with Crippen molar-refractivity contribution in [1.82, 2.24) is 14.5 Å². The highest BCUT2D eigenvalue weighted by molar-refractivity contribution is 5.75. The van der Waals surface area contributed by atoms with Crippen molar-refractivity contribution >= 4 is 11.0 Å². The largest absolute Gasteiger partial charge is 0.497 e. The first kappa shape index (κ1) is 18.0. The molecule has 2 aromatic carbocycles. The lowest BCUT2D eigenvalue weighted by molar-refractivity contribution is 0.0460. The number of likely N-dealkylation sites (tertiary alicyclic amines) is 1. The predicted molar refractivity (Wildman–Crippen MR) is 107 cm³/mol. The molecule has 0 aliphatic carbocycles. The highest BCUT2D eigenvalue weighted by Crippen LogP contribution is 2.31. The van der Waals surface area contributed by atoms with Crippen LogP contribution in [0.5, 0.6) is 5.75 Å². The first-order valence-electron chi connectivity index (χ1n) is 9.68. The Kier molecular flexibility index (Phi) is 5.14. The van der Waals surface area contributed by atoms with Crippen LogP contribution >= 0.6 is 0 Å². The zero-order chi connectivity index (χ0) is 18.8. The summed E-state index contributed by atoms with van der Waals surface area (Å²) in [5, 5.41) is 10.8. The van der Waals surface area contributed by atoms with Crippen molar-refractivity contribution in [2.75, 3.05) is 20.2 Å². The van der Waals surface area contributed by atoms with E-state index < -0.39 is 0 Å². The summed E-state index contributed by atoms with van der Waals surface area (Å²) in [6, 6.07) is 16.3. The predicted octanol–water partition coefficient (Wildman–Crippen LogP) is 3.42. The van der Waals surface area contributed by atoms with E-state index >= 15 is 0 Å². The van der Waals surface area contributed by atoms with Crippen LogP contribution in [0.3, 0.4) is 0 Å². The van der Waals surface area contributed by atoms with Gasteiger partial charge in [-0.15, -0.1) is 0 Å². The number of ether oxygens (including phenoxy) is 1. The molecule has 0 amide bonds. The van der Waals surface area contributed by atoms with E-state index in [1.807, 2.05) is 24.3 Å². The molecular formula is C22H27N3O2. The minimum Gasteiger partial charge on any atom is -0.497 e. The van der Waals surface area contributed by atoms with Crippen LogP contribution in [0.25, 0.3) is 11.0 Å². The van der Waals surface area contributed by atoms with Gasteiger partial charge in [-0.3, -0.25) is 4.90 Å². The van der Waals surface area contributed by atoms with Crippen LogP contribution in [-0.2, 0) is 13.1 Å². The van der Waals surface area contributed by atoms with Gasteiger partial charge in [0.05, 0.1) is 30.8 Å². The highest BCUT2D eigenvalue weighted by atomic mass is 16.5. The van der Waals surface area contributed by atoms with Crippen LogP contribution in [0.1, 0.15) is 30.7 Å². The second-order valence-electron chi connectivity index (χ2n) is 7.24. The summed E-state index contributed by atoms with van der Waals surface area (Å²) in [6.07, 6.45) is 0.547. The molecule has 4 rings (SSSR count). The normalized spacial score (nSPS) is 20.9. The molecule has 1 aliphatic rings. The molecule has 2 atom stereocenters. The SMILES string of the molecule is CCn1c(CN2CC[C@H](c3cccc(OC)c3)[C@@H](O)C2)nc2ccccc21. The fourth-order valence-corrected chi connectivity index (χ4v) is 4.20. The summed E-state index contributed by atoms with van der Waals surface area (Å²) >= 11 is 0. The number of β-amino-alcohol motifs (C(OH)–C–C–N with tert-alkyl or cyclic N) is 1. The Morgan fingerprint density at radius 3 is 2.81 bits per heavy atom. The molecule has 0 bridgehead atoms. The molecular weight excluding hydrogens is 338 g/mol. The first-order chi connectivity index (χ1) is 13.2. The Morgan fingerprint density at radius 2 is 2.04 bits per heavy atom. The van der Waals surface area contributed by atoms with Gasteiger partial charge in [-0.1, -0.05) is 24.3 Å². The number of rotatable bonds is 5. The van der Waals surface area contributed by atoms with E-state index in [-0.39, 0.29) is 12.0 Å². The maximum atomic E-state index is 10.8. The molecule has 3 aromatic rings. The van der Waals surface area contributed by atoms with Crippen molar-refractivity contribution in [3.05, 3.63) is 59.9 Å². The summed E-state index contributed by atoms with van der Waals surface area (Å²) in [5.74, 6) is 2.07. The Balaban J connectivity index is 1.49. The number of aromatic nitrogens is 2. The zero-order valence-electron chi connectivity index (χ0n) is 16.0. The second kappa shape index (κ2) is 7.71. The van der Waals surface area contributed by atoms with Gasteiger partial charge >= 0.3 is 0 Å². The molecule has 27 heavy (non-hydrogen) atoms. The van der Waals surface area contributed by atoms with Crippen LogP contribution in [0.2, 0.25) is 0 Å². The van der Waals surface area contributed by atoms with Crippen molar-refractivity contribution < 1.29 is 9.84 Å². The number of hydrogen-bond donors (Lipinski definition) is 1. The zero-order valence-corrected chi connectivity index (χ0v) is 16.0. The van der Waals surface area contributed by atoms with Gasteiger partial charge in [-0.2, -0.15) is 0 Å². The van der Waals surface area contributed by atoms with E-state index in [1.165, 1.54) is 5.52 Å². The molecule has 1 saturated heterocycles. The third-order valence-corrected chi connectivity index (χ3v) is 5.60. The smallest absolute Gasteiger partial charge is 0.124 e. The highest BCUT2D eigenvalue weighted by Gasteiger charge is 2.29. The van der Waals surface area contributed by atoms with Gasteiger partial charge in [0.25, 0.3) is 0 Å². The second-order valence-corrected chi connectivity index (χ2v) is 7.24. The van der Waals surface area contributed by atoms with Crippen LogP contribution in [0.4, 0.5) is 0 Å². The van der Waals surface area contributed by atoms with Crippen molar-refractivity contribution in [2.24, 2.45) is 0 Å². The van der Waals surface area contributed by atoms with Crippen LogP contribution < -0.4 is 4.74 Å². The average Bonchev–Trinajstić information content (AvgIpc) is 3.05. The third-order valence-electron chi connectivity index (χ3n) is 5.60. The molecule has 0 saturated carbocycles. The molecule has 2 heterocycles. The number of aryl methyl sites for hydroxylation is 1. The fourth-order valence-electron chi connectivity index (χ4n) is 4.20. The standard InChI is InChI=1S/C22H27N3O2/c1-3-25-20-10-5-4-9-19(20)23-22(25)15-24-12-11-18(21(26)14-24)16-7-6-8-17(13-16)27-2/h4-10,13,18,21,26H,3,11-12,14-15H2,1-2H3/t18-,21+/m1/s1. The number of imidazole rings is 1. The van der Waals surface area contributed by atoms with Gasteiger partial charge in [0.15, 0.2) is 0 Å². The average molecular weight is 365 g/mol. The fraction of sp³-hybridized carbons (Fsp3) is 0.409. The number of benzene rings is 2. The maximum Gasteiger partial charge on any atom is 0.124 e. The Morgan fingerprint density at radius 1 is 1.19 bits per heavy atom. The van der Waals surface area contributed by atoms with Crippen molar-refractivity contribution in [2.45, 2.75) is 38.5 Å². The van der Waals surface area contributed by atoms with Crippen molar-refractivity contribution in [1.29, 1.82) is 0 Å². The van der Waals surface area contributed by atoms with Crippen molar-refractivity contribution in [3.8, 4) is 5.75 Å². The number of hydrogen-bond acceptors (Lipinski definition) is 4. The first-order valence-corrected chi connectivity index (χ1v) is 9.68. The molecule has 0 radical (unpaired) electrons. The van der Waals surface area contributed by atoms with Gasteiger partial charge in [0.1, 0.15) is 11.6 Å². The van der Waals surface area contributed by atoms with E-state index in [4.69, 9.17) is 9.72 Å². The summed E-state index contributed by atoms with van der Waals surface area (Å²) in [6.45, 7) is 5.44. The van der Waals surface area contributed by atoms with E-state index in [2.05, 4.69) is 40.7 Å². The summed E-state index contributed by atoms with van der Waals surface area (Å²) in [5.41, 5.74) is 3.38. The number of methoxy groups -OCH3 is 1. The number of piperidine rings is 1. The van der Waals surface area contributed by atoms with E-state index in [1.54, 1.807) is 7.11 Å². The van der Waals surface area contributed by atoms with Gasteiger partial charge < -0.3 is 14.4 Å². The van der Waals surface area contributed by atoms with E-state index in [0.29, 0.717) is 6.54 Å². The molecule has 1 fully saturated rings. The molecule has 0 spiro atoms. The Bertz CT molecular complexity index is 921. The Hall–Kier alpha value is -2.37. The molecule has 5 nitrogen and oxygen atoms in total. The molecule has 0 unspecified atom stereocenters.